The molecule has 0 aromatic heterocycles. The molecule has 19 heavy (non-hydrogen) atoms. The van der Waals surface area contributed by atoms with Gasteiger partial charge in [0, 0.05) is 11.6 Å². The van der Waals surface area contributed by atoms with Gasteiger partial charge in [0.25, 0.3) is 0 Å². The highest BCUT2D eigenvalue weighted by molar-refractivity contribution is 6.25. The maximum absolute atomic E-state index is 5.77. The van der Waals surface area contributed by atoms with Gasteiger partial charge in [0.2, 0.25) is 0 Å². The quantitative estimate of drug-likeness (QED) is 0.794. The van der Waals surface area contributed by atoms with E-state index in [9.17, 15) is 0 Å². The molecule has 0 amide bonds. The molecule has 0 bridgehead atoms. The summed E-state index contributed by atoms with van der Waals surface area (Å²) >= 11 is 5.63. The summed E-state index contributed by atoms with van der Waals surface area (Å²) in [5.41, 5.74) is 9.20. The fourth-order valence-corrected chi connectivity index (χ4v) is 1.63. The summed E-state index contributed by atoms with van der Waals surface area (Å²) in [6, 6.07) is 5.88. The lowest BCUT2D eigenvalue weighted by Crippen LogP contribution is -2.07. The van der Waals surface area contributed by atoms with Crippen LogP contribution in [-0.2, 0) is 6.42 Å². The largest absolute Gasteiger partial charge is 0.493 e. The van der Waals surface area contributed by atoms with Crippen LogP contribution in [0.2, 0.25) is 0 Å². The molecule has 0 unspecified atom stereocenters. The number of benzene rings is 1. The molecular weight excluding hydrogens is 262 g/mol. The number of nitrogens with two attached hydrogens (primary N) is 1. The SMILES string of the molecule is CCCOc1ccc(CCN)c(OC/C(C)=C/Cl)c1. The van der Waals surface area contributed by atoms with Gasteiger partial charge in [0.05, 0.1) is 6.61 Å². The third-order valence-electron chi connectivity index (χ3n) is 2.57. The van der Waals surface area contributed by atoms with Gasteiger partial charge in [0.1, 0.15) is 18.1 Å². The second-order valence-corrected chi connectivity index (χ2v) is 4.62. The van der Waals surface area contributed by atoms with Crippen molar-refractivity contribution < 1.29 is 9.47 Å². The Morgan fingerprint density at radius 3 is 2.79 bits per heavy atom. The first-order chi connectivity index (χ1) is 9.21. The Morgan fingerprint density at radius 1 is 1.37 bits per heavy atom. The lowest BCUT2D eigenvalue weighted by atomic mass is 10.1. The Labute approximate surface area is 120 Å². The number of halogens is 1. The van der Waals surface area contributed by atoms with Gasteiger partial charge in [-0.05, 0) is 43.5 Å². The minimum absolute atomic E-state index is 0.471. The predicted octanol–water partition coefficient (Wildman–Crippen LogP) is 3.50. The summed E-state index contributed by atoms with van der Waals surface area (Å²) in [5, 5.41) is 0. The summed E-state index contributed by atoms with van der Waals surface area (Å²) in [6.07, 6.45) is 1.77. The highest BCUT2D eigenvalue weighted by Crippen LogP contribution is 2.26. The van der Waals surface area contributed by atoms with Crippen LogP contribution in [0.5, 0.6) is 11.5 Å². The third kappa shape index (κ3) is 5.53. The van der Waals surface area contributed by atoms with E-state index in [4.69, 9.17) is 26.8 Å². The Hall–Kier alpha value is -1.19. The molecule has 1 rings (SSSR count). The van der Waals surface area contributed by atoms with Crippen LogP contribution < -0.4 is 15.2 Å². The highest BCUT2D eigenvalue weighted by atomic mass is 35.5. The Bertz CT molecular complexity index is 419. The molecule has 0 saturated heterocycles. The van der Waals surface area contributed by atoms with Crippen LogP contribution in [0.1, 0.15) is 25.8 Å². The molecule has 0 heterocycles. The predicted molar refractivity (Wildman–Crippen MR) is 80.1 cm³/mol. The van der Waals surface area contributed by atoms with E-state index >= 15 is 0 Å². The maximum Gasteiger partial charge on any atom is 0.126 e. The van der Waals surface area contributed by atoms with Crippen LogP contribution in [0.15, 0.2) is 29.3 Å². The lowest BCUT2D eigenvalue weighted by Gasteiger charge is -2.13. The fourth-order valence-electron chi connectivity index (χ4n) is 1.56. The number of hydrogen-bond acceptors (Lipinski definition) is 3. The zero-order chi connectivity index (χ0) is 14.1. The average Bonchev–Trinajstić information content (AvgIpc) is 2.44. The van der Waals surface area contributed by atoms with Crippen molar-refractivity contribution in [1.82, 2.24) is 0 Å². The van der Waals surface area contributed by atoms with Crippen LogP contribution in [0.3, 0.4) is 0 Å². The van der Waals surface area contributed by atoms with Gasteiger partial charge < -0.3 is 15.2 Å². The fraction of sp³-hybridized carbons (Fsp3) is 0.467. The van der Waals surface area contributed by atoms with Crippen molar-refractivity contribution in [2.75, 3.05) is 19.8 Å². The Morgan fingerprint density at radius 2 is 2.16 bits per heavy atom. The van der Waals surface area contributed by atoms with E-state index in [0.717, 1.165) is 35.5 Å². The van der Waals surface area contributed by atoms with Crippen molar-refractivity contribution in [2.45, 2.75) is 26.7 Å². The summed E-state index contributed by atoms with van der Waals surface area (Å²) in [5.74, 6) is 1.64. The molecule has 4 heteroatoms. The van der Waals surface area contributed by atoms with Crippen molar-refractivity contribution in [3.8, 4) is 11.5 Å². The van der Waals surface area contributed by atoms with Crippen LogP contribution in [0.4, 0.5) is 0 Å². The molecule has 0 aliphatic heterocycles. The number of ether oxygens (including phenoxy) is 2. The molecule has 3 nitrogen and oxygen atoms in total. The lowest BCUT2D eigenvalue weighted by molar-refractivity contribution is 0.310. The van der Waals surface area contributed by atoms with Crippen molar-refractivity contribution in [2.24, 2.45) is 5.73 Å². The van der Waals surface area contributed by atoms with Gasteiger partial charge in [-0.2, -0.15) is 0 Å². The summed E-state index contributed by atoms with van der Waals surface area (Å²) in [6.45, 7) is 5.77. The van der Waals surface area contributed by atoms with E-state index in [1.165, 1.54) is 5.54 Å². The molecule has 0 radical (unpaired) electrons. The van der Waals surface area contributed by atoms with Gasteiger partial charge in [-0.25, -0.2) is 0 Å². The van der Waals surface area contributed by atoms with Gasteiger partial charge in [-0.1, -0.05) is 24.6 Å². The molecular formula is C15H22ClNO2. The number of rotatable bonds is 8. The number of hydrogen-bond donors (Lipinski definition) is 1. The van der Waals surface area contributed by atoms with Gasteiger partial charge in [0.15, 0.2) is 0 Å². The molecule has 0 aliphatic rings. The molecule has 2 N–H and O–H groups in total. The summed E-state index contributed by atoms with van der Waals surface area (Å²) < 4.78 is 11.4. The summed E-state index contributed by atoms with van der Waals surface area (Å²) in [7, 11) is 0. The molecule has 0 aliphatic carbocycles. The minimum atomic E-state index is 0.471. The van der Waals surface area contributed by atoms with Crippen LogP contribution in [0.25, 0.3) is 0 Å². The van der Waals surface area contributed by atoms with Crippen LogP contribution in [-0.4, -0.2) is 19.8 Å². The first-order valence-electron chi connectivity index (χ1n) is 6.55. The molecule has 0 fully saturated rings. The standard InChI is InChI=1S/C15H22ClNO2/c1-3-8-18-14-5-4-13(6-7-17)15(9-14)19-11-12(2)10-16/h4-5,9-10H,3,6-8,11,17H2,1-2H3/b12-10+. The van der Waals surface area contributed by atoms with E-state index in [2.05, 4.69) is 6.92 Å². The molecule has 106 valence electrons. The van der Waals surface area contributed by atoms with Gasteiger partial charge >= 0.3 is 0 Å². The first kappa shape index (κ1) is 15.9. The van der Waals surface area contributed by atoms with Gasteiger partial charge in [-0.15, -0.1) is 0 Å². The van der Waals surface area contributed by atoms with Crippen LogP contribution in [0, 0.1) is 0 Å². The normalized spacial score (nSPS) is 11.5. The maximum atomic E-state index is 5.77. The molecule has 0 spiro atoms. The Kier molecular flexibility index (Phi) is 7.38. The minimum Gasteiger partial charge on any atom is -0.493 e. The van der Waals surface area contributed by atoms with Crippen molar-refractivity contribution in [3.05, 3.63) is 34.9 Å². The van der Waals surface area contributed by atoms with Gasteiger partial charge in [-0.3, -0.25) is 0 Å². The molecule has 0 atom stereocenters. The van der Waals surface area contributed by atoms with Crippen molar-refractivity contribution in [1.29, 1.82) is 0 Å². The highest BCUT2D eigenvalue weighted by Gasteiger charge is 2.06. The van der Waals surface area contributed by atoms with E-state index in [1.807, 2.05) is 25.1 Å². The van der Waals surface area contributed by atoms with Crippen molar-refractivity contribution >= 4 is 11.6 Å². The van der Waals surface area contributed by atoms with E-state index in [0.29, 0.717) is 19.8 Å². The van der Waals surface area contributed by atoms with E-state index in [1.54, 1.807) is 0 Å². The molecule has 0 saturated carbocycles. The zero-order valence-electron chi connectivity index (χ0n) is 11.6. The van der Waals surface area contributed by atoms with Crippen molar-refractivity contribution in [3.63, 3.8) is 0 Å². The molecule has 1 aromatic carbocycles. The zero-order valence-corrected chi connectivity index (χ0v) is 12.4. The first-order valence-corrected chi connectivity index (χ1v) is 6.99. The second kappa shape index (κ2) is 8.83. The third-order valence-corrected chi connectivity index (χ3v) is 2.94. The van der Waals surface area contributed by atoms with E-state index in [-0.39, 0.29) is 0 Å². The summed E-state index contributed by atoms with van der Waals surface area (Å²) in [4.78, 5) is 0. The molecule has 1 aromatic rings. The second-order valence-electron chi connectivity index (χ2n) is 4.40. The topological polar surface area (TPSA) is 44.5 Å². The van der Waals surface area contributed by atoms with E-state index < -0.39 is 0 Å². The Balaban J connectivity index is 2.81. The smallest absolute Gasteiger partial charge is 0.126 e. The average molecular weight is 284 g/mol. The van der Waals surface area contributed by atoms with Crippen LogP contribution >= 0.6 is 11.6 Å². The monoisotopic (exact) mass is 283 g/mol.